The molecule has 0 aromatic heterocycles. The molecule has 0 bridgehead atoms. The van der Waals surface area contributed by atoms with Crippen molar-refractivity contribution in [2.75, 3.05) is 52.9 Å². The third kappa shape index (κ3) is 4.64. The normalized spacial score (nSPS) is 26.9. The second kappa shape index (κ2) is 8.19. The lowest BCUT2D eigenvalue weighted by Crippen LogP contribution is -2.49. The van der Waals surface area contributed by atoms with Crippen molar-refractivity contribution < 1.29 is 21.9 Å². The third-order valence-electron chi connectivity index (χ3n) is 6.50. The summed E-state index contributed by atoms with van der Waals surface area (Å²) in [4.78, 5) is 4.45. The number of piperazine rings is 1. The number of hydrogen-bond acceptors (Lipinski definition) is 5. The van der Waals surface area contributed by atoms with E-state index in [1.165, 1.54) is 4.31 Å². The van der Waals surface area contributed by atoms with Crippen LogP contribution in [0.2, 0.25) is 0 Å². The van der Waals surface area contributed by atoms with Gasteiger partial charge >= 0.3 is 0 Å². The van der Waals surface area contributed by atoms with E-state index in [-0.39, 0.29) is 16.6 Å². The number of halogens is 2. The molecule has 1 aromatic carbocycles. The van der Waals surface area contributed by atoms with Gasteiger partial charge in [0.15, 0.2) is 0 Å². The quantitative estimate of drug-likeness (QED) is 0.732. The van der Waals surface area contributed by atoms with Crippen LogP contribution in [0.1, 0.15) is 25.7 Å². The van der Waals surface area contributed by atoms with Crippen molar-refractivity contribution in [3.8, 4) is 0 Å². The van der Waals surface area contributed by atoms with Gasteiger partial charge in [-0.3, -0.25) is 4.90 Å². The lowest BCUT2D eigenvalue weighted by molar-refractivity contribution is -0.0777. The fourth-order valence-electron chi connectivity index (χ4n) is 4.67. The molecule has 1 atom stereocenters. The Morgan fingerprint density at radius 3 is 2.24 bits per heavy atom. The van der Waals surface area contributed by atoms with Crippen molar-refractivity contribution in [2.45, 2.75) is 42.3 Å². The molecule has 0 N–H and O–H groups in total. The Labute approximate surface area is 171 Å². The first kappa shape index (κ1) is 21.1. The summed E-state index contributed by atoms with van der Waals surface area (Å²) in [5.74, 6) is -1.77. The molecular formula is C20H29F2N3O3S. The van der Waals surface area contributed by atoms with Gasteiger partial charge in [0.25, 0.3) is 0 Å². The molecule has 1 unspecified atom stereocenters. The van der Waals surface area contributed by atoms with Gasteiger partial charge in [-0.05, 0) is 44.9 Å². The number of piperidine rings is 1. The van der Waals surface area contributed by atoms with Crippen LogP contribution in [-0.4, -0.2) is 87.1 Å². The van der Waals surface area contributed by atoms with Crippen LogP contribution in [-0.2, 0) is 14.8 Å². The molecule has 1 spiro atoms. The average Bonchev–Trinajstić information content (AvgIpc) is 3.05. The summed E-state index contributed by atoms with van der Waals surface area (Å²) in [6.45, 7) is 5.80. The number of ether oxygens (including phenoxy) is 1. The van der Waals surface area contributed by atoms with Gasteiger partial charge in [0.2, 0.25) is 10.0 Å². The number of nitrogens with zero attached hydrogens (tertiary/aromatic N) is 3. The highest BCUT2D eigenvalue weighted by molar-refractivity contribution is 7.89. The minimum Gasteiger partial charge on any atom is -0.370 e. The summed E-state index contributed by atoms with van der Waals surface area (Å²) >= 11 is 0. The summed E-state index contributed by atoms with van der Waals surface area (Å²) in [6, 6.07) is 2.43. The van der Waals surface area contributed by atoms with E-state index in [4.69, 9.17) is 4.74 Å². The molecule has 3 aliphatic heterocycles. The van der Waals surface area contributed by atoms with Crippen molar-refractivity contribution in [1.82, 2.24) is 14.1 Å². The van der Waals surface area contributed by atoms with Crippen LogP contribution in [0.15, 0.2) is 23.1 Å². The highest BCUT2D eigenvalue weighted by Crippen LogP contribution is 2.40. The molecule has 0 radical (unpaired) electrons. The van der Waals surface area contributed by atoms with Gasteiger partial charge in [0, 0.05) is 51.9 Å². The van der Waals surface area contributed by atoms with Crippen LogP contribution in [0.5, 0.6) is 0 Å². The van der Waals surface area contributed by atoms with Gasteiger partial charge in [-0.25, -0.2) is 17.2 Å². The topological polar surface area (TPSA) is 53.1 Å². The molecule has 0 saturated carbocycles. The Morgan fingerprint density at radius 1 is 1.00 bits per heavy atom. The van der Waals surface area contributed by atoms with Gasteiger partial charge in [-0.1, -0.05) is 0 Å². The zero-order valence-corrected chi connectivity index (χ0v) is 17.6. The van der Waals surface area contributed by atoms with E-state index in [1.807, 2.05) is 0 Å². The molecule has 6 nitrogen and oxygen atoms in total. The van der Waals surface area contributed by atoms with Gasteiger partial charge in [0.1, 0.15) is 11.6 Å². The van der Waals surface area contributed by atoms with E-state index in [0.29, 0.717) is 32.0 Å². The second-order valence-corrected chi connectivity index (χ2v) is 10.5. The number of rotatable bonds is 4. The average molecular weight is 430 g/mol. The molecule has 9 heteroatoms. The highest BCUT2D eigenvalue weighted by Gasteiger charge is 2.45. The predicted molar refractivity (Wildman–Crippen MR) is 105 cm³/mol. The van der Waals surface area contributed by atoms with Crippen LogP contribution < -0.4 is 0 Å². The van der Waals surface area contributed by atoms with E-state index in [2.05, 4.69) is 16.8 Å². The van der Waals surface area contributed by atoms with E-state index in [9.17, 15) is 17.2 Å². The molecule has 162 valence electrons. The highest BCUT2D eigenvalue weighted by atomic mass is 32.2. The van der Waals surface area contributed by atoms with Crippen LogP contribution in [0.3, 0.4) is 0 Å². The maximum Gasteiger partial charge on any atom is 0.243 e. The molecule has 29 heavy (non-hydrogen) atoms. The zero-order chi connectivity index (χ0) is 20.6. The number of sulfonamides is 1. The Kier molecular flexibility index (Phi) is 5.96. The van der Waals surface area contributed by atoms with E-state index < -0.39 is 21.7 Å². The van der Waals surface area contributed by atoms with Gasteiger partial charge < -0.3 is 9.64 Å². The maximum atomic E-state index is 13.5. The fraction of sp³-hybridized carbons (Fsp3) is 0.700. The largest absolute Gasteiger partial charge is 0.370 e. The third-order valence-corrected chi connectivity index (χ3v) is 8.38. The van der Waals surface area contributed by atoms with Gasteiger partial charge in [0.05, 0.1) is 16.6 Å². The molecule has 3 saturated heterocycles. The molecule has 3 fully saturated rings. The number of benzene rings is 1. The van der Waals surface area contributed by atoms with Crippen molar-refractivity contribution in [3.05, 3.63) is 29.8 Å². The molecule has 0 aliphatic carbocycles. The van der Waals surface area contributed by atoms with E-state index in [1.54, 1.807) is 0 Å². The van der Waals surface area contributed by atoms with Crippen molar-refractivity contribution in [3.63, 3.8) is 0 Å². The Bertz CT molecular complexity index is 815. The molecule has 3 heterocycles. The maximum absolute atomic E-state index is 13.5. The lowest BCUT2D eigenvalue weighted by Gasteiger charge is -2.39. The lowest BCUT2D eigenvalue weighted by atomic mass is 9.89. The van der Waals surface area contributed by atoms with Gasteiger partial charge in [-0.15, -0.1) is 0 Å². The Morgan fingerprint density at radius 2 is 1.62 bits per heavy atom. The minimum atomic E-state index is -3.91. The SMILES string of the molecule is CN1CCN(CC2CCC3(CCN(S(=O)(=O)c4cc(F)cc(F)c4)CC3)O2)CC1. The predicted octanol–water partition coefficient (Wildman–Crippen LogP) is 1.91. The summed E-state index contributed by atoms with van der Waals surface area (Å²) < 4.78 is 60.3. The van der Waals surface area contributed by atoms with E-state index >= 15 is 0 Å². The van der Waals surface area contributed by atoms with E-state index in [0.717, 1.165) is 57.7 Å². The van der Waals surface area contributed by atoms with Crippen molar-refractivity contribution in [2.24, 2.45) is 0 Å². The molecule has 0 amide bonds. The van der Waals surface area contributed by atoms with Crippen LogP contribution in [0.4, 0.5) is 8.78 Å². The number of hydrogen-bond donors (Lipinski definition) is 0. The summed E-state index contributed by atoms with van der Waals surface area (Å²) in [6.07, 6.45) is 3.35. The molecule has 3 aliphatic rings. The van der Waals surface area contributed by atoms with Crippen molar-refractivity contribution >= 4 is 10.0 Å². The standard InChI is InChI=1S/C20H29F2N3O3S/c1-23-8-10-24(11-9-23)15-18-2-3-20(28-18)4-6-25(7-5-20)29(26,27)19-13-16(21)12-17(22)14-19/h12-14,18H,2-11,15H2,1H3. The van der Waals surface area contributed by atoms with Crippen LogP contribution in [0.25, 0.3) is 0 Å². The summed E-state index contributed by atoms with van der Waals surface area (Å²) in [5, 5.41) is 0. The van der Waals surface area contributed by atoms with Crippen molar-refractivity contribution in [1.29, 1.82) is 0 Å². The summed E-state index contributed by atoms with van der Waals surface area (Å²) in [7, 11) is -1.77. The monoisotopic (exact) mass is 429 g/mol. The zero-order valence-electron chi connectivity index (χ0n) is 16.8. The second-order valence-electron chi connectivity index (χ2n) is 8.57. The molecule has 4 rings (SSSR count). The summed E-state index contributed by atoms with van der Waals surface area (Å²) in [5.41, 5.74) is -0.267. The fourth-order valence-corrected chi connectivity index (χ4v) is 6.16. The van der Waals surface area contributed by atoms with Crippen LogP contribution >= 0.6 is 0 Å². The Hall–Kier alpha value is -1.13. The van der Waals surface area contributed by atoms with Gasteiger partial charge in [-0.2, -0.15) is 4.31 Å². The van der Waals surface area contributed by atoms with Crippen LogP contribution in [0, 0.1) is 11.6 Å². The first-order valence-electron chi connectivity index (χ1n) is 10.3. The molecular weight excluding hydrogens is 400 g/mol. The first-order valence-corrected chi connectivity index (χ1v) is 11.7. The molecule has 1 aromatic rings. The minimum absolute atomic E-state index is 0.193. The first-order chi connectivity index (χ1) is 13.8. The number of likely N-dealkylation sites (N-methyl/N-ethyl adjacent to an activating group) is 1. The Balaban J connectivity index is 1.34. The smallest absolute Gasteiger partial charge is 0.243 e.